The van der Waals surface area contributed by atoms with Crippen LogP contribution in [0.25, 0.3) is 0 Å². The first-order valence-corrected chi connectivity index (χ1v) is 7.01. The Kier molecular flexibility index (Phi) is 4.40. The Morgan fingerprint density at radius 2 is 2.00 bits per heavy atom. The highest BCUT2D eigenvalue weighted by Crippen LogP contribution is 2.27. The van der Waals surface area contributed by atoms with Crippen LogP contribution < -0.4 is 5.32 Å². The van der Waals surface area contributed by atoms with E-state index in [1.807, 2.05) is 12.1 Å². The lowest BCUT2D eigenvalue weighted by molar-refractivity contribution is -0.122. The molecule has 2 heteroatoms. The molecular weight excluding hydrogens is 222 g/mol. The molecule has 0 heterocycles. The molecule has 1 saturated carbocycles. The van der Waals surface area contributed by atoms with E-state index in [2.05, 4.69) is 31.3 Å². The predicted octanol–water partition coefficient (Wildman–Crippen LogP) is 3.75. The minimum atomic E-state index is 0.111. The summed E-state index contributed by atoms with van der Waals surface area (Å²) >= 11 is 0. The third kappa shape index (κ3) is 3.34. The van der Waals surface area contributed by atoms with Crippen molar-refractivity contribution >= 4 is 5.91 Å². The van der Waals surface area contributed by atoms with Crippen LogP contribution in [0.2, 0.25) is 0 Å². The van der Waals surface area contributed by atoms with E-state index >= 15 is 0 Å². The number of aryl methyl sites for hydroxylation is 1. The number of carbonyl (C=O) groups excluding carboxylic acids is 1. The quantitative estimate of drug-likeness (QED) is 0.860. The van der Waals surface area contributed by atoms with Crippen LogP contribution in [0.5, 0.6) is 0 Å². The summed E-state index contributed by atoms with van der Waals surface area (Å²) in [5, 5.41) is 3.12. The summed E-state index contributed by atoms with van der Waals surface area (Å²) in [6, 6.07) is 8.36. The fourth-order valence-corrected chi connectivity index (χ4v) is 2.93. The van der Waals surface area contributed by atoms with Crippen molar-refractivity contribution in [1.29, 1.82) is 0 Å². The molecule has 1 N–H and O–H groups in total. The Labute approximate surface area is 110 Å². The molecule has 18 heavy (non-hydrogen) atoms. The largest absolute Gasteiger partial charge is 0.350 e. The Bertz CT molecular complexity index is 407. The molecule has 0 aromatic heterocycles. The standard InChI is InChI=1S/C16H23NO/c1-12-7-3-6-10-15(12)13(2)17-16(18)11-14-8-4-5-9-14/h3,6-7,10,13-14H,4-5,8-9,11H2,1-2H3,(H,17,18). The van der Waals surface area contributed by atoms with Gasteiger partial charge in [-0.2, -0.15) is 0 Å². The smallest absolute Gasteiger partial charge is 0.220 e. The first-order valence-electron chi connectivity index (χ1n) is 7.01. The van der Waals surface area contributed by atoms with Crippen LogP contribution in [0.1, 0.15) is 56.2 Å². The van der Waals surface area contributed by atoms with Crippen LogP contribution in [-0.2, 0) is 4.79 Å². The Morgan fingerprint density at radius 1 is 1.33 bits per heavy atom. The number of amides is 1. The maximum atomic E-state index is 12.0. The van der Waals surface area contributed by atoms with Crippen LogP contribution in [-0.4, -0.2) is 5.91 Å². The lowest BCUT2D eigenvalue weighted by Gasteiger charge is -2.18. The monoisotopic (exact) mass is 245 g/mol. The fourth-order valence-electron chi connectivity index (χ4n) is 2.93. The van der Waals surface area contributed by atoms with Crippen molar-refractivity contribution in [1.82, 2.24) is 5.32 Å². The maximum Gasteiger partial charge on any atom is 0.220 e. The molecule has 1 fully saturated rings. The van der Waals surface area contributed by atoms with Gasteiger partial charge < -0.3 is 5.32 Å². The van der Waals surface area contributed by atoms with E-state index < -0.39 is 0 Å². The molecule has 1 amide bonds. The number of rotatable bonds is 4. The highest BCUT2D eigenvalue weighted by Gasteiger charge is 2.19. The van der Waals surface area contributed by atoms with E-state index in [9.17, 15) is 4.79 Å². The zero-order valence-electron chi connectivity index (χ0n) is 11.4. The SMILES string of the molecule is Cc1ccccc1C(C)NC(=O)CC1CCCC1. The second-order valence-corrected chi connectivity index (χ2v) is 5.50. The van der Waals surface area contributed by atoms with Crippen molar-refractivity contribution in [2.24, 2.45) is 5.92 Å². The lowest BCUT2D eigenvalue weighted by atomic mass is 10.0. The summed E-state index contributed by atoms with van der Waals surface area (Å²) < 4.78 is 0. The van der Waals surface area contributed by atoms with Crippen LogP contribution in [0.3, 0.4) is 0 Å². The molecule has 0 bridgehead atoms. The molecule has 0 radical (unpaired) electrons. The minimum Gasteiger partial charge on any atom is -0.350 e. The molecule has 1 aliphatic rings. The van der Waals surface area contributed by atoms with Gasteiger partial charge in [-0.25, -0.2) is 0 Å². The molecule has 2 nitrogen and oxygen atoms in total. The molecule has 1 aromatic carbocycles. The molecule has 1 aliphatic carbocycles. The van der Waals surface area contributed by atoms with Crippen molar-refractivity contribution in [3.63, 3.8) is 0 Å². The van der Waals surface area contributed by atoms with Gasteiger partial charge in [-0.3, -0.25) is 4.79 Å². The zero-order valence-corrected chi connectivity index (χ0v) is 11.4. The highest BCUT2D eigenvalue weighted by atomic mass is 16.1. The summed E-state index contributed by atoms with van der Waals surface area (Å²) in [5.41, 5.74) is 2.46. The van der Waals surface area contributed by atoms with Crippen molar-refractivity contribution in [3.05, 3.63) is 35.4 Å². The van der Waals surface area contributed by atoms with Gasteiger partial charge in [0.2, 0.25) is 5.91 Å². The molecular formula is C16H23NO. The van der Waals surface area contributed by atoms with E-state index in [1.54, 1.807) is 0 Å². The van der Waals surface area contributed by atoms with E-state index in [0.29, 0.717) is 12.3 Å². The van der Waals surface area contributed by atoms with Crippen molar-refractivity contribution in [3.8, 4) is 0 Å². The maximum absolute atomic E-state index is 12.0. The van der Waals surface area contributed by atoms with Gasteiger partial charge in [0, 0.05) is 6.42 Å². The van der Waals surface area contributed by atoms with Crippen LogP contribution >= 0.6 is 0 Å². The molecule has 1 unspecified atom stereocenters. The lowest BCUT2D eigenvalue weighted by Crippen LogP contribution is -2.28. The molecule has 0 aliphatic heterocycles. The molecule has 0 spiro atoms. The third-order valence-electron chi connectivity index (χ3n) is 3.98. The Balaban J connectivity index is 1.88. The molecule has 2 rings (SSSR count). The second-order valence-electron chi connectivity index (χ2n) is 5.50. The number of hydrogen-bond donors (Lipinski definition) is 1. The average molecular weight is 245 g/mol. The minimum absolute atomic E-state index is 0.111. The normalized spacial score (nSPS) is 17.7. The summed E-state index contributed by atoms with van der Waals surface area (Å²) in [7, 11) is 0. The summed E-state index contributed by atoms with van der Waals surface area (Å²) in [6.45, 7) is 4.16. The molecule has 1 aromatic rings. The number of nitrogens with one attached hydrogen (secondary N) is 1. The van der Waals surface area contributed by atoms with Gasteiger partial charge in [0.25, 0.3) is 0 Å². The average Bonchev–Trinajstić information content (AvgIpc) is 2.82. The summed E-state index contributed by atoms with van der Waals surface area (Å²) in [6.07, 6.45) is 5.76. The third-order valence-corrected chi connectivity index (χ3v) is 3.98. The van der Waals surface area contributed by atoms with Crippen molar-refractivity contribution < 1.29 is 4.79 Å². The van der Waals surface area contributed by atoms with Gasteiger partial charge in [0.05, 0.1) is 6.04 Å². The van der Waals surface area contributed by atoms with E-state index in [1.165, 1.54) is 36.8 Å². The Hall–Kier alpha value is -1.31. The van der Waals surface area contributed by atoms with E-state index in [-0.39, 0.29) is 11.9 Å². The first kappa shape index (κ1) is 13.1. The van der Waals surface area contributed by atoms with E-state index in [0.717, 1.165) is 0 Å². The molecule has 0 saturated heterocycles. The van der Waals surface area contributed by atoms with Gasteiger partial charge in [-0.1, -0.05) is 37.1 Å². The van der Waals surface area contributed by atoms with Gasteiger partial charge in [-0.05, 0) is 43.7 Å². The Morgan fingerprint density at radius 3 is 2.67 bits per heavy atom. The van der Waals surface area contributed by atoms with Gasteiger partial charge in [-0.15, -0.1) is 0 Å². The van der Waals surface area contributed by atoms with Crippen molar-refractivity contribution in [2.45, 2.75) is 52.0 Å². The van der Waals surface area contributed by atoms with Gasteiger partial charge >= 0.3 is 0 Å². The van der Waals surface area contributed by atoms with Crippen LogP contribution in [0, 0.1) is 12.8 Å². The van der Waals surface area contributed by atoms with Crippen LogP contribution in [0.4, 0.5) is 0 Å². The number of benzene rings is 1. The molecule has 98 valence electrons. The van der Waals surface area contributed by atoms with E-state index in [4.69, 9.17) is 0 Å². The van der Waals surface area contributed by atoms with Crippen molar-refractivity contribution in [2.75, 3.05) is 0 Å². The molecule has 1 atom stereocenters. The van der Waals surface area contributed by atoms with Crippen LogP contribution in [0.15, 0.2) is 24.3 Å². The summed E-state index contributed by atoms with van der Waals surface area (Å²) in [5.74, 6) is 0.826. The van der Waals surface area contributed by atoms with Gasteiger partial charge in [0.15, 0.2) is 0 Å². The second kappa shape index (κ2) is 6.03. The topological polar surface area (TPSA) is 29.1 Å². The zero-order chi connectivity index (χ0) is 13.0. The highest BCUT2D eigenvalue weighted by molar-refractivity contribution is 5.76. The fraction of sp³-hybridized carbons (Fsp3) is 0.562. The number of carbonyl (C=O) groups is 1. The summed E-state index contributed by atoms with van der Waals surface area (Å²) in [4.78, 5) is 12.0. The van der Waals surface area contributed by atoms with Gasteiger partial charge in [0.1, 0.15) is 0 Å². The predicted molar refractivity (Wildman–Crippen MR) is 74.3 cm³/mol. The first-order chi connectivity index (χ1) is 8.66. The number of hydrogen-bond acceptors (Lipinski definition) is 1.